The van der Waals surface area contributed by atoms with Crippen molar-refractivity contribution < 1.29 is 14.4 Å². The minimum absolute atomic E-state index is 0.0777. The Kier molecular flexibility index (Phi) is 4.62. The predicted octanol–water partition coefficient (Wildman–Crippen LogP) is 3.58. The summed E-state index contributed by atoms with van der Waals surface area (Å²) in [7, 11) is 1.48. The molecule has 3 aromatic rings. The maximum Gasteiger partial charge on any atom is 0.256 e. The van der Waals surface area contributed by atoms with Crippen molar-refractivity contribution in [3.63, 3.8) is 0 Å². The van der Waals surface area contributed by atoms with E-state index in [1.54, 1.807) is 12.3 Å². The van der Waals surface area contributed by atoms with E-state index in [1.807, 2.05) is 50.2 Å². The number of aromatic nitrogens is 1. The zero-order valence-corrected chi connectivity index (χ0v) is 16.5. The Labute approximate surface area is 168 Å². The van der Waals surface area contributed by atoms with Crippen LogP contribution in [-0.2, 0) is 9.59 Å². The number of carbonyl (C=O) groups is 3. The average molecular weight is 387 g/mol. The molecule has 2 aromatic carbocycles. The van der Waals surface area contributed by atoms with Crippen molar-refractivity contribution in [3.8, 4) is 0 Å². The van der Waals surface area contributed by atoms with E-state index in [9.17, 15) is 14.4 Å². The Bertz CT molecular complexity index is 1160. The second-order valence-corrected chi connectivity index (χ2v) is 7.43. The molecule has 0 radical (unpaired) electrons. The van der Waals surface area contributed by atoms with Crippen LogP contribution in [-0.4, -0.2) is 34.7 Å². The number of likely N-dealkylation sites (N-methyl/N-ethyl adjacent to an activating group) is 1. The smallest absolute Gasteiger partial charge is 0.256 e. The zero-order chi connectivity index (χ0) is 20.7. The van der Waals surface area contributed by atoms with E-state index < -0.39 is 5.92 Å². The van der Waals surface area contributed by atoms with E-state index >= 15 is 0 Å². The fraction of sp³-hybridized carbons (Fsp3) is 0.217. The van der Waals surface area contributed by atoms with Crippen LogP contribution in [0.2, 0.25) is 0 Å². The van der Waals surface area contributed by atoms with E-state index in [2.05, 4.69) is 10.3 Å². The monoisotopic (exact) mass is 387 g/mol. The van der Waals surface area contributed by atoms with E-state index in [4.69, 9.17) is 0 Å². The highest BCUT2D eigenvalue weighted by molar-refractivity contribution is 6.12. The topological polar surface area (TPSA) is 79.4 Å². The van der Waals surface area contributed by atoms with Gasteiger partial charge < -0.3 is 5.32 Å². The van der Waals surface area contributed by atoms with Gasteiger partial charge in [-0.2, -0.15) is 0 Å². The first-order valence-corrected chi connectivity index (χ1v) is 9.43. The van der Waals surface area contributed by atoms with Crippen LogP contribution >= 0.6 is 0 Å². The number of anilines is 1. The highest BCUT2D eigenvalue weighted by atomic mass is 16.2. The molecule has 1 N–H and O–H groups in total. The molecule has 29 heavy (non-hydrogen) atoms. The van der Waals surface area contributed by atoms with Crippen LogP contribution in [0.5, 0.6) is 0 Å². The van der Waals surface area contributed by atoms with Crippen LogP contribution in [0.4, 0.5) is 5.69 Å². The van der Waals surface area contributed by atoms with Gasteiger partial charge in [-0.25, -0.2) is 0 Å². The largest absolute Gasteiger partial charge is 0.320 e. The lowest BCUT2D eigenvalue weighted by Gasteiger charge is -2.18. The highest BCUT2D eigenvalue weighted by Crippen LogP contribution is 2.34. The Morgan fingerprint density at radius 3 is 2.62 bits per heavy atom. The van der Waals surface area contributed by atoms with Crippen molar-refractivity contribution in [2.45, 2.75) is 26.2 Å². The third-order valence-electron chi connectivity index (χ3n) is 5.38. The molecule has 1 saturated heterocycles. The first-order chi connectivity index (χ1) is 13.9. The molecule has 4 rings (SSSR count). The van der Waals surface area contributed by atoms with Crippen LogP contribution in [0.15, 0.2) is 48.7 Å². The van der Waals surface area contributed by atoms with Gasteiger partial charge in [-0.05, 0) is 37.1 Å². The molecule has 1 fully saturated rings. The van der Waals surface area contributed by atoms with Crippen LogP contribution in [0, 0.1) is 13.8 Å². The molecule has 0 saturated carbocycles. The number of aryl methyl sites for hydroxylation is 2. The molecule has 2 heterocycles. The van der Waals surface area contributed by atoms with Gasteiger partial charge in [0.1, 0.15) is 0 Å². The van der Waals surface area contributed by atoms with Crippen molar-refractivity contribution in [1.82, 2.24) is 9.88 Å². The van der Waals surface area contributed by atoms with Gasteiger partial charge >= 0.3 is 0 Å². The molecule has 1 aliphatic rings. The first kappa shape index (κ1) is 18.8. The van der Waals surface area contributed by atoms with Crippen molar-refractivity contribution in [2.24, 2.45) is 0 Å². The average Bonchev–Trinajstić information content (AvgIpc) is 2.95. The molecule has 146 valence electrons. The number of carbonyl (C=O) groups excluding carboxylic acids is 3. The number of rotatable bonds is 3. The normalized spacial score (nSPS) is 16.5. The quantitative estimate of drug-likeness (QED) is 0.697. The second-order valence-electron chi connectivity index (χ2n) is 7.43. The number of nitrogens with zero attached hydrogens (tertiary/aromatic N) is 2. The summed E-state index contributed by atoms with van der Waals surface area (Å²) in [6, 6.07) is 13.1. The van der Waals surface area contributed by atoms with Crippen LogP contribution < -0.4 is 5.32 Å². The van der Waals surface area contributed by atoms with E-state index in [1.165, 1.54) is 7.05 Å². The minimum atomic E-state index is -0.641. The van der Waals surface area contributed by atoms with Gasteiger partial charge in [0.2, 0.25) is 11.8 Å². The number of fused-ring (bicyclic) bond motifs is 1. The molecule has 0 spiro atoms. The molecule has 1 atom stereocenters. The molecule has 1 unspecified atom stereocenters. The summed E-state index contributed by atoms with van der Waals surface area (Å²) in [6.07, 6.45) is 1.76. The molecule has 6 heteroatoms. The van der Waals surface area contributed by atoms with Gasteiger partial charge in [0, 0.05) is 30.6 Å². The lowest BCUT2D eigenvalue weighted by molar-refractivity contribution is -0.137. The zero-order valence-electron chi connectivity index (χ0n) is 16.5. The Morgan fingerprint density at radius 2 is 1.90 bits per heavy atom. The Morgan fingerprint density at radius 1 is 1.14 bits per heavy atom. The minimum Gasteiger partial charge on any atom is -0.320 e. The summed E-state index contributed by atoms with van der Waals surface area (Å²) in [5.74, 6) is -1.47. The van der Waals surface area contributed by atoms with Crippen molar-refractivity contribution >= 4 is 34.3 Å². The predicted molar refractivity (Wildman–Crippen MR) is 111 cm³/mol. The summed E-state index contributed by atoms with van der Waals surface area (Å²) in [5, 5.41) is 3.87. The maximum atomic E-state index is 13.3. The van der Waals surface area contributed by atoms with Gasteiger partial charge in [0.15, 0.2) is 0 Å². The third kappa shape index (κ3) is 3.27. The summed E-state index contributed by atoms with van der Waals surface area (Å²) in [4.78, 5) is 43.5. The lowest BCUT2D eigenvalue weighted by atomic mass is 9.88. The summed E-state index contributed by atoms with van der Waals surface area (Å²) >= 11 is 0. The number of hydrogen-bond acceptors (Lipinski definition) is 4. The summed E-state index contributed by atoms with van der Waals surface area (Å²) < 4.78 is 0. The fourth-order valence-corrected chi connectivity index (χ4v) is 3.97. The van der Waals surface area contributed by atoms with Gasteiger partial charge in [-0.3, -0.25) is 24.3 Å². The molecule has 1 aromatic heterocycles. The standard InChI is InChI=1S/C23H21N3O3/c1-13-10-14(2)20(16(11-13)17-12-19(27)26(3)23(17)29)22(28)25-18-8-4-6-15-7-5-9-24-21(15)18/h4-11,17H,12H2,1-3H3,(H,25,28). The number of amides is 3. The summed E-state index contributed by atoms with van der Waals surface area (Å²) in [5.41, 5.74) is 4.03. The number of hydrogen-bond donors (Lipinski definition) is 1. The van der Waals surface area contributed by atoms with E-state index in [0.29, 0.717) is 22.3 Å². The number of pyridine rings is 1. The number of benzene rings is 2. The van der Waals surface area contributed by atoms with E-state index in [-0.39, 0.29) is 24.1 Å². The Balaban J connectivity index is 1.77. The number of likely N-dealkylation sites (tertiary alicyclic amines) is 1. The molecule has 1 aliphatic heterocycles. The summed E-state index contributed by atoms with van der Waals surface area (Å²) in [6.45, 7) is 3.76. The van der Waals surface area contributed by atoms with Crippen molar-refractivity contribution in [3.05, 3.63) is 70.9 Å². The van der Waals surface area contributed by atoms with Crippen LogP contribution in [0.1, 0.15) is 39.4 Å². The highest BCUT2D eigenvalue weighted by Gasteiger charge is 2.39. The molecular weight excluding hydrogens is 366 g/mol. The van der Waals surface area contributed by atoms with Crippen LogP contribution in [0.3, 0.4) is 0 Å². The lowest BCUT2D eigenvalue weighted by Crippen LogP contribution is -2.26. The molecular formula is C23H21N3O3. The van der Waals surface area contributed by atoms with Crippen molar-refractivity contribution in [1.29, 1.82) is 0 Å². The molecule has 3 amide bonds. The van der Waals surface area contributed by atoms with Crippen molar-refractivity contribution in [2.75, 3.05) is 12.4 Å². The number of imide groups is 1. The SMILES string of the molecule is Cc1cc(C)c(C(=O)Nc2cccc3cccnc23)c(C2CC(=O)N(C)C2=O)c1. The van der Waals surface area contributed by atoms with Gasteiger partial charge in [-0.15, -0.1) is 0 Å². The maximum absolute atomic E-state index is 13.3. The number of nitrogens with one attached hydrogen (secondary N) is 1. The third-order valence-corrected chi connectivity index (χ3v) is 5.38. The number of para-hydroxylation sites is 1. The van der Waals surface area contributed by atoms with E-state index in [0.717, 1.165) is 21.4 Å². The van der Waals surface area contributed by atoms with Gasteiger partial charge in [0.05, 0.1) is 17.1 Å². The molecule has 0 aliphatic carbocycles. The molecule has 6 nitrogen and oxygen atoms in total. The van der Waals surface area contributed by atoms with Crippen LogP contribution in [0.25, 0.3) is 10.9 Å². The van der Waals surface area contributed by atoms with Gasteiger partial charge in [-0.1, -0.05) is 35.9 Å². The van der Waals surface area contributed by atoms with Gasteiger partial charge in [0.25, 0.3) is 5.91 Å². The first-order valence-electron chi connectivity index (χ1n) is 9.43. The fourth-order valence-electron chi connectivity index (χ4n) is 3.97. The second kappa shape index (κ2) is 7.13. The molecule has 0 bridgehead atoms. The Hall–Kier alpha value is -3.54.